The van der Waals surface area contributed by atoms with Gasteiger partial charge in [0.05, 0.1) is 0 Å². The highest BCUT2D eigenvalue weighted by Gasteiger charge is 2.20. The Hall–Kier alpha value is -1.16. The number of rotatable bonds is 3. The second kappa shape index (κ2) is 5.87. The van der Waals surface area contributed by atoms with Crippen molar-refractivity contribution in [1.82, 2.24) is 0 Å². The van der Waals surface area contributed by atoms with Gasteiger partial charge in [0.25, 0.3) is 0 Å². The molecule has 4 heteroatoms. The van der Waals surface area contributed by atoms with E-state index in [1.807, 2.05) is 30.0 Å². The van der Waals surface area contributed by atoms with Crippen molar-refractivity contribution >= 4 is 17.5 Å². The summed E-state index contributed by atoms with van der Waals surface area (Å²) in [5, 5.41) is 0. The Labute approximate surface area is 117 Å². The van der Waals surface area contributed by atoms with Crippen LogP contribution in [-0.2, 0) is 0 Å². The zero-order valence-electron chi connectivity index (χ0n) is 10.9. The lowest BCUT2D eigenvalue weighted by Gasteiger charge is -2.21. The Morgan fingerprint density at radius 3 is 2.68 bits per heavy atom. The van der Waals surface area contributed by atoms with Crippen LogP contribution in [0, 0.1) is 5.92 Å². The molecule has 19 heavy (non-hydrogen) atoms. The molecule has 1 saturated heterocycles. The van der Waals surface area contributed by atoms with Gasteiger partial charge in [-0.2, -0.15) is 11.8 Å². The summed E-state index contributed by atoms with van der Waals surface area (Å²) in [5.74, 6) is 4.63. The first-order chi connectivity index (χ1) is 9.33. The van der Waals surface area contributed by atoms with E-state index in [2.05, 4.69) is 0 Å². The second-order valence-corrected chi connectivity index (χ2v) is 6.27. The van der Waals surface area contributed by atoms with Crippen LogP contribution in [0.15, 0.2) is 18.2 Å². The topological polar surface area (TPSA) is 35.5 Å². The van der Waals surface area contributed by atoms with Crippen molar-refractivity contribution < 1.29 is 14.3 Å². The Morgan fingerprint density at radius 2 is 1.89 bits per heavy atom. The highest BCUT2D eigenvalue weighted by Crippen LogP contribution is 2.32. The van der Waals surface area contributed by atoms with Crippen LogP contribution in [0.25, 0.3) is 0 Å². The quantitative estimate of drug-likeness (QED) is 0.796. The lowest BCUT2D eigenvalue weighted by atomic mass is 9.93. The molecule has 1 aromatic carbocycles. The summed E-state index contributed by atoms with van der Waals surface area (Å²) in [6, 6.07) is 5.53. The molecule has 2 aliphatic heterocycles. The van der Waals surface area contributed by atoms with Crippen LogP contribution < -0.4 is 9.47 Å². The van der Waals surface area contributed by atoms with Crippen LogP contribution in [-0.4, -0.2) is 30.5 Å². The largest absolute Gasteiger partial charge is 0.486 e. The van der Waals surface area contributed by atoms with Gasteiger partial charge in [-0.25, -0.2) is 0 Å². The molecule has 0 aromatic heterocycles. The summed E-state index contributed by atoms with van der Waals surface area (Å²) < 4.78 is 11.0. The zero-order chi connectivity index (χ0) is 13.1. The van der Waals surface area contributed by atoms with E-state index in [1.54, 1.807) is 0 Å². The number of ketones is 1. The Morgan fingerprint density at radius 1 is 1.16 bits per heavy atom. The van der Waals surface area contributed by atoms with E-state index in [0.29, 0.717) is 31.3 Å². The Kier molecular flexibility index (Phi) is 3.97. The van der Waals surface area contributed by atoms with Crippen LogP contribution in [0.1, 0.15) is 29.6 Å². The number of carbonyl (C=O) groups excluding carboxylic acids is 1. The minimum Gasteiger partial charge on any atom is -0.486 e. The van der Waals surface area contributed by atoms with Crippen LogP contribution >= 0.6 is 11.8 Å². The first kappa shape index (κ1) is 12.9. The SMILES string of the molecule is O=C(CC1CCSCC1)c1ccc2c(c1)OCCO2. The molecule has 0 amide bonds. The van der Waals surface area contributed by atoms with Gasteiger partial charge in [0.15, 0.2) is 17.3 Å². The van der Waals surface area contributed by atoms with Gasteiger partial charge in [-0.15, -0.1) is 0 Å². The number of Topliss-reactive ketones (excluding diaryl/α,β-unsaturated/α-hetero) is 1. The maximum atomic E-state index is 12.3. The van der Waals surface area contributed by atoms with Gasteiger partial charge in [-0.05, 0) is 48.5 Å². The second-order valence-electron chi connectivity index (χ2n) is 5.04. The third-order valence-electron chi connectivity index (χ3n) is 3.68. The fourth-order valence-electron chi connectivity index (χ4n) is 2.55. The van der Waals surface area contributed by atoms with E-state index in [9.17, 15) is 4.79 Å². The smallest absolute Gasteiger partial charge is 0.163 e. The predicted molar refractivity (Wildman–Crippen MR) is 76.4 cm³/mol. The molecule has 3 rings (SSSR count). The van der Waals surface area contributed by atoms with E-state index >= 15 is 0 Å². The number of fused-ring (bicyclic) bond motifs is 1. The van der Waals surface area contributed by atoms with Gasteiger partial charge < -0.3 is 9.47 Å². The highest BCUT2D eigenvalue weighted by atomic mass is 32.2. The number of ether oxygens (including phenoxy) is 2. The lowest BCUT2D eigenvalue weighted by Crippen LogP contribution is -2.17. The van der Waals surface area contributed by atoms with E-state index < -0.39 is 0 Å². The number of hydrogen-bond donors (Lipinski definition) is 0. The molecule has 0 N–H and O–H groups in total. The Balaban J connectivity index is 1.69. The molecule has 2 heterocycles. The van der Waals surface area contributed by atoms with E-state index in [4.69, 9.17) is 9.47 Å². The van der Waals surface area contributed by atoms with Crippen LogP contribution in [0.2, 0.25) is 0 Å². The third kappa shape index (κ3) is 3.06. The molecule has 3 nitrogen and oxygen atoms in total. The molecule has 0 saturated carbocycles. The average molecular weight is 278 g/mol. The number of carbonyl (C=O) groups is 1. The van der Waals surface area contributed by atoms with E-state index in [0.717, 1.165) is 11.3 Å². The average Bonchev–Trinajstić information content (AvgIpc) is 2.48. The lowest BCUT2D eigenvalue weighted by molar-refractivity contribution is 0.0957. The molecule has 2 aliphatic rings. The molecule has 0 aliphatic carbocycles. The van der Waals surface area contributed by atoms with Crippen molar-refractivity contribution in [3.63, 3.8) is 0 Å². The summed E-state index contributed by atoms with van der Waals surface area (Å²) in [5.41, 5.74) is 0.752. The molecule has 0 atom stereocenters. The van der Waals surface area contributed by atoms with Crippen molar-refractivity contribution in [2.24, 2.45) is 5.92 Å². The normalized spacial score (nSPS) is 19.2. The maximum absolute atomic E-state index is 12.3. The Bertz CT molecular complexity index is 466. The van der Waals surface area contributed by atoms with Gasteiger partial charge in [0, 0.05) is 12.0 Å². The standard InChI is InChI=1S/C15H18O3S/c16-13(9-11-3-7-19-8-4-11)12-1-2-14-15(10-12)18-6-5-17-14/h1-2,10-11H,3-9H2. The predicted octanol–water partition coefficient (Wildman–Crippen LogP) is 3.17. The molecule has 1 fully saturated rings. The summed E-state index contributed by atoms with van der Waals surface area (Å²) in [6.45, 7) is 1.14. The van der Waals surface area contributed by atoms with E-state index in [-0.39, 0.29) is 5.78 Å². The zero-order valence-corrected chi connectivity index (χ0v) is 11.7. The fourth-order valence-corrected chi connectivity index (χ4v) is 3.75. The third-order valence-corrected chi connectivity index (χ3v) is 4.73. The number of thioether (sulfide) groups is 1. The molecule has 1 aromatic rings. The molecular weight excluding hydrogens is 260 g/mol. The van der Waals surface area contributed by atoms with Gasteiger partial charge in [-0.3, -0.25) is 4.79 Å². The van der Waals surface area contributed by atoms with E-state index in [1.165, 1.54) is 24.3 Å². The van der Waals surface area contributed by atoms with Crippen molar-refractivity contribution in [1.29, 1.82) is 0 Å². The van der Waals surface area contributed by atoms with Gasteiger partial charge >= 0.3 is 0 Å². The number of benzene rings is 1. The summed E-state index contributed by atoms with van der Waals surface area (Å²) >= 11 is 1.99. The summed E-state index contributed by atoms with van der Waals surface area (Å²) in [6.07, 6.45) is 3.00. The fraction of sp³-hybridized carbons (Fsp3) is 0.533. The minimum atomic E-state index is 0.230. The van der Waals surface area contributed by atoms with Gasteiger partial charge in [0.1, 0.15) is 13.2 Å². The first-order valence-corrected chi connectivity index (χ1v) is 7.99. The van der Waals surface area contributed by atoms with Crippen LogP contribution in [0.3, 0.4) is 0 Å². The molecule has 0 radical (unpaired) electrons. The van der Waals surface area contributed by atoms with Crippen LogP contribution in [0.5, 0.6) is 11.5 Å². The van der Waals surface area contributed by atoms with Gasteiger partial charge in [0.2, 0.25) is 0 Å². The monoisotopic (exact) mass is 278 g/mol. The first-order valence-electron chi connectivity index (χ1n) is 6.83. The van der Waals surface area contributed by atoms with Crippen molar-refractivity contribution in [2.45, 2.75) is 19.3 Å². The highest BCUT2D eigenvalue weighted by molar-refractivity contribution is 7.99. The molecule has 102 valence electrons. The summed E-state index contributed by atoms with van der Waals surface area (Å²) in [4.78, 5) is 12.3. The van der Waals surface area contributed by atoms with Crippen LogP contribution in [0.4, 0.5) is 0 Å². The molecular formula is C15H18O3S. The minimum absolute atomic E-state index is 0.230. The number of hydrogen-bond acceptors (Lipinski definition) is 4. The molecule has 0 spiro atoms. The molecule has 0 bridgehead atoms. The summed E-state index contributed by atoms with van der Waals surface area (Å²) in [7, 11) is 0. The van der Waals surface area contributed by atoms with Crippen molar-refractivity contribution in [3.8, 4) is 11.5 Å². The van der Waals surface area contributed by atoms with Crippen molar-refractivity contribution in [2.75, 3.05) is 24.7 Å². The van der Waals surface area contributed by atoms with Gasteiger partial charge in [-0.1, -0.05) is 0 Å². The maximum Gasteiger partial charge on any atom is 0.163 e. The molecule has 0 unspecified atom stereocenters. The van der Waals surface area contributed by atoms with Crippen molar-refractivity contribution in [3.05, 3.63) is 23.8 Å².